The van der Waals surface area contributed by atoms with Gasteiger partial charge < -0.3 is 5.32 Å². The molecule has 0 aromatic heterocycles. The predicted molar refractivity (Wildman–Crippen MR) is 54.2 cm³/mol. The topological polar surface area (TPSA) is 12.0 Å². The van der Waals surface area contributed by atoms with Crippen LogP contribution in [0.3, 0.4) is 0 Å². The van der Waals surface area contributed by atoms with Crippen LogP contribution in [0.5, 0.6) is 0 Å². The largest absolute Gasteiger partial charge is 0.311 e. The van der Waals surface area contributed by atoms with Gasteiger partial charge in [-0.05, 0) is 32.1 Å². The molecule has 1 aliphatic carbocycles. The van der Waals surface area contributed by atoms with E-state index >= 15 is 0 Å². The fourth-order valence-electron chi connectivity index (χ4n) is 2.08. The van der Waals surface area contributed by atoms with Gasteiger partial charge in [-0.3, -0.25) is 0 Å². The van der Waals surface area contributed by atoms with Gasteiger partial charge in [-0.25, -0.2) is 0 Å². The van der Waals surface area contributed by atoms with Crippen LogP contribution in [-0.2, 0) is 0 Å². The van der Waals surface area contributed by atoms with Gasteiger partial charge >= 0.3 is 0 Å². The fraction of sp³-hybridized carbons (Fsp3) is 0.818. The molecular weight excluding hydrogens is 146 g/mol. The minimum Gasteiger partial charge on any atom is -0.311 e. The fourth-order valence-corrected chi connectivity index (χ4v) is 2.08. The number of nitrogens with one attached hydrogen (secondary N) is 1. The van der Waals surface area contributed by atoms with Crippen LogP contribution in [0.1, 0.15) is 39.5 Å². The van der Waals surface area contributed by atoms with E-state index < -0.39 is 0 Å². The van der Waals surface area contributed by atoms with Crippen LogP contribution in [0.15, 0.2) is 12.7 Å². The Kier molecular flexibility index (Phi) is 3.80. The highest BCUT2D eigenvalue weighted by molar-refractivity contribution is 4.84. The molecule has 12 heavy (non-hydrogen) atoms. The van der Waals surface area contributed by atoms with Crippen LogP contribution in [0, 0.1) is 5.92 Å². The second-order valence-electron chi connectivity index (χ2n) is 4.11. The normalized spacial score (nSPS) is 31.8. The third-order valence-corrected chi connectivity index (χ3v) is 2.88. The third kappa shape index (κ3) is 2.63. The lowest BCUT2D eigenvalue weighted by Gasteiger charge is -2.21. The van der Waals surface area contributed by atoms with E-state index in [1.807, 2.05) is 6.08 Å². The number of hydrogen-bond donors (Lipinski definition) is 1. The highest BCUT2D eigenvalue weighted by Gasteiger charge is 2.23. The molecule has 1 nitrogen and oxygen atoms in total. The molecule has 1 fully saturated rings. The smallest absolute Gasteiger partial charge is 0.00952 e. The quantitative estimate of drug-likeness (QED) is 0.635. The zero-order chi connectivity index (χ0) is 8.97. The second kappa shape index (κ2) is 4.66. The molecule has 1 N–H and O–H groups in total. The summed E-state index contributed by atoms with van der Waals surface area (Å²) in [5.74, 6) is 0.872. The van der Waals surface area contributed by atoms with Crippen LogP contribution < -0.4 is 5.32 Å². The maximum atomic E-state index is 3.75. The van der Waals surface area contributed by atoms with Crippen molar-refractivity contribution in [1.82, 2.24) is 5.32 Å². The summed E-state index contributed by atoms with van der Waals surface area (Å²) in [7, 11) is 0. The molecule has 0 aromatic rings. The summed E-state index contributed by atoms with van der Waals surface area (Å²) in [6.45, 7) is 8.35. The molecule has 3 unspecified atom stereocenters. The standard InChI is InChI=1S/C11H21N/c1-4-6-10(3)12-11-8-5-7-9(11)2/h4,9-12H,1,5-8H2,2-3H3. The number of hydrogen-bond acceptors (Lipinski definition) is 1. The average molecular weight is 167 g/mol. The summed E-state index contributed by atoms with van der Waals surface area (Å²) in [6.07, 6.45) is 7.25. The van der Waals surface area contributed by atoms with Crippen molar-refractivity contribution in [1.29, 1.82) is 0 Å². The molecule has 0 heterocycles. The summed E-state index contributed by atoms with van der Waals surface area (Å²) in [5, 5.41) is 3.66. The van der Waals surface area contributed by atoms with Gasteiger partial charge in [0, 0.05) is 12.1 Å². The van der Waals surface area contributed by atoms with E-state index in [-0.39, 0.29) is 0 Å². The molecule has 0 radical (unpaired) electrons. The Morgan fingerprint density at radius 2 is 2.33 bits per heavy atom. The average Bonchev–Trinajstić information content (AvgIpc) is 2.37. The van der Waals surface area contributed by atoms with Crippen molar-refractivity contribution < 1.29 is 0 Å². The van der Waals surface area contributed by atoms with Crippen LogP contribution >= 0.6 is 0 Å². The van der Waals surface area contributed by atoms with Crippen molar-refractivity contribution >= 4 is 0 Å². The van der Waals surface area contributed by atoms with E-state index in [9.17, 15) is 0 Å². The molecule has 1 saturated carbocycles. The minimum atomic E-state index is 0.605. The van der Waals surface area contributed by atoms with Gasteiger partial charge in [-0.15, -0.1) is 6.58 Å². The molecule has 0 bridgehead atoms. The Balaban J connectivity index is 2.24. The van der Waals surface area contributed by atoms with Gasteiger partial charge in [0.1, 0.15) is 0 Å². The second-order valence-corrected chi connectivity index (χ2v) is 4.11. The summed E-state index contributed by atoms with van der Waals surface area (Å²) in [4.78, 5) is 0. The lowest BCUT2D eigenvalue weighted by atomic mass is 10.1. The predicted octanol–water partition coefficient (Wildman–Crippen LogP) is 2.73. The van der Waals surface area contributed by atoms with Gasteiger partial charge in [-0.1, -0.05) is 19.4 Å². The van der Waals surface area contributed by atoms with Crippen molar-refractivity contribution in [2.45, 2.75) is 51.6 Å². The lowest BCUT2D eigenvalue weighted by Crippen LogP contribution is -2.37. The van der Waals surface area contributed by atoms with E-state index in [1.54, 1.807) is 0 Å². The van der Waals surface area contributed by atoms with E-state index in [4.69, 9.17) is 0 Å². The van der Waals surface area contributed by atoms with Crippen molar-refractivity contribution in [2.24, 2.45) is 5.92 Å². The monoisotopic (exact) mass is 167 g/mol. The van der Waals surface area contributed by atoms with Gasteiger partial charge in [0.15, 0.2) is 0 Å². The van der Waals surface area contributed by atoms with E-state index in [0.717, 1.165) is 18.4 Å². The third-order valence-electron chi connectivity index (χ3n) is 2.88. The summed E-state index contributed by atoms with van der Waals surface area (Å²) in [6, 6.07) is 1.37. The summed E-state index contributed by atoms with van der Waals surface area (Å²) < 4.78 is 0. The molecule has 0 aliphatic heterocycles. The Hall–Kier alpha value is -0.300. The maximum Gasteiger partial charge on any atom is 0.00952 e. The van der Waals surface area contributed by atoms with E-state index in [0.29, 0.717) is 6.04 Å². The molecule has 1 heteroatoms. The molecule has 70 valence electrons. The molecule has 1 rings (SSSR count). The van der Waals surface area contributed by atoms with Crippen LogP contribution in [-0.4, -0.2) is 12.1 Å². The zero-order valence-electron chi connectivity index (χ0n) is 8.34. The van der Waals surface area contributed by atoms with Crippen LogP contribution in [0.2, 0.25) is 0 Å². The van der Waals surface area contributed by atoms with Gasteiger partial charge in [0.25, 0.3) is 0 Å². The molecule has 1 aliphatic rings. The van der Waals surface area contributed by atoms with Crippen molar-refractivity contribution in [2.75, 3.05) is 0 Å². The first-order valence-corrected chi connectivity index (χ1v) is 5.11. The first-order chi connectivity index (χ1) is 5.74. The Morgan fingerprint density at radius 1 is 1.58 bits per heavy atom. The van der Waals surface area contributed by atoms with Crippen molar-refractivity contribution in [3.05, 3.63) is 12.7 Å². The van der Waals surface area contributed by atoms with Crippen LogP contribution in [0.4, 0.5) is 0 Å². The van der Waals surface area contributed by atoms with Crippen LogP contribution in [0.25, 0.3) is 0 Å². The first kappa shape index (κ1) is 9.79. The highest BCUT2D eigenvalue weighted by Crippen LogP contribution is 2.25. The molecule has 0 aromatic carbocycles. The lowest BCUT2D eigenvalue weighted by molar-refractivity contribution is 0.384. The van der Waals surface area contributed by atoms with Gasteiger partial charge in [0.05, 0.1) is 0 Å². The van der Waals surface area contributed by atoms with Gasteiger partial charge in [0.2, 0.25) is 0 Å². The van der Waals surface area contributed by atoms with E-state index in [2.05, 4.69) is 25.7 Å². The Bertz CT molecular complexity index is 142. The molecular formula is C11H21N. The molecule has 0 amide bonds. The van der Waals surface area contributed by atoms with Crippen molar-refractivity contribution in [3.63, 3.8) is 0 Å². The van der Waals surface area contributed by atoms with E-state index in [1.165, 1.54) is 19.3 Å². The SMILES string of the molecule is C=CCC(C)NC1CCCC1C. The Labute approximate surface area is 76.2 Å². The zero-order valence-corrected chi connectivity index (χ0v) is 8.34. The van der Waals surface area contributed by atoms with Gasteiger partial charge in [-0.2, -0.15) is 0 Å². The first-order valence-electron chi connectivity index (χ1n) is 5.11. The summed E-state index contributed by atoms with van der Waals surface area (Å²) in [5.41, 5.74) is 0. The molecule has 3 atom stereocenters. The molecule has 0 spiro atoms. The summed E-state index contributed by atoms with van der Waals surface area (Å²) >= 11 is 0. The maximum absolute atomic E-state index is 3.75. The number of rotatable bonds is 4. The highest BCUT2D eigenvalue weighted by atomic mass is 15.0. The Morgan fingerprint density at radius 3 is 2.83 bits per heavy atom. The molecule has 0 saturated heterocycles. The van der Waals surface area contributed by atoms with Crippen molar-refractivity contribution in [3.8, 4) is 0 Å². The minimum absolute atomic E-state index is 0.605.